The molecule has 0 spiro atoms. The molecule has 3 aromatic carbocycles. The number of nitrogens with one attached hydrogen (secondary N) is 1. The lowest BCUT2D eigenvalue weighted by atomic mass is 10.0. The number of carbonyl (C=O) groups is 3. The van der Waals surface area contributed by atoms with Crippen LogP contribution >= 0.6 is 0 Å². The molecule has 1 saturated carbocycles. The third-order valence-corrected chi connectivity index (χ3v) is 7.90. The third-order valence-electron chi connectivity index (χ3n) is 7.90. The smallest absolute Gasteiger partial charge is 0.258 e. The zero-order valence-corrected chi connectivity index (χ0v) is 24.5. The largest absolute Gasteiger partial charge is 0.493 e. The predicted octanol–water partition coefficient (Wildman–Crippen LogP) is 5.29. The zero-order chi connectivity index (χ0) is 30.3. The first kappa shape index (κ1) is 29.6. The molecular weight excluding hydrogens is 546 g/mol. The molecule has 3 N–H and O–H groups in total. The first-order valence-electron chi connectivity index (χ1n) is 14.5. The van der Waals surface area contributed by atoms with Crippen LogP contribution < -0.4 is 25.4 Å². The average Bonchev–Trinajstić information content (AvgIpc) is 3.65. The van der Waals surface area contributed by atoms with Crippen molar-refractivity contribution in [3.05, 3.63) is 77.9 Å². The summed E-state index contributed by atoms with van der Waals surface area (Å²) < 4.78 is 13.2. The monoisotopic (exact) mass is 583 g/mol. The van der Waals surface area contributed by atoms with Crippen molar-refractivity contribution in [1.82, 2.24) is 9.55 Å². The van der Waals surface area contributed by atoms with Gasteiger partial charge in [0.05, 0.1) is 18.1 Å². The maximum atomic E-state index is 13.4. The van der Waals surface area contributed by atoms with Gasteiger partial charge in [0, 0.05) is 37.7 Å². The molecule has 0 saturated heterocycles. The number of ether oxygens (including phenoxy) is 2. The summed E-state index contributed by atoms with van der Waals surface area (Å²) >= 11 is 0. The van der Waals surface area contributed by atoms with E-state index in [9.17, 15) is 14.4 Å². The summed E-state index contributed by atoms with van der Waals surface area (Å²) in [6, 6.07) is 20.2. The lowest BCUT2D eigenvalue weighted by molar-refractivity contribution is -0.119. The minimum Gasteiger partial charge on any atom is -0.493 e. The van der Waals surface area contributed by atoms with Crippen molar-refractivity contribution >= 4 is 40.4 Å². The Morgan fingerprint density at radius 2 is 1.79 bits per heavy atom. The Balaban J connectivity index is 1.38. The third kappa shape index (κ3) is 7.14. The number of carbonyl (C=O) groups excluding carboxylic acids is 3. The first-order valence-corrected chi connectivity index (χ1v) is 14.5. The summed E-state index contributed by atoms with van der Waals surface area (Å²) in [7, 11) is 3.31. The number of aromatic nitrogens is 2. The summed E-state index contributed by atoms with van der Waals surface area (Å²) in [6.45, 7) is 0.538. The second-order valence-corrected chi connectivity index (χ2v) is 10.9. The molecule has 0 bridgehead atoms. The number of hydrogen-bond acceptors (Lipinski definition) is 6. The van der Waals surface area contributed by atoms with Crippen LogP contribution in [-0.2, 0) is 22.7 Å². The molecular formula is C33H37N5O5. The average molecular weight is 584 g/mol. The quantitative estimate of drug-likeness (QED) is 0.233. The molecule has 5 rings (SSSR count). The molecule has 4 aromatic rings. The lowest BCUT2D eigenvalue weighted by Crippen LogP contribution is -2.27. The molecule has 1 aliphatic carbocycles. The van der Waals surface area contributed by atoms with Gasteiger partial charge in [0.1, 0.15) is 6.61 Å². The van der Waals surface area contributed by atoms with Crippen molar-refractivity contribution in [3.63, 3.8) is 0 Å². The number of nitrogens with zero attached hydrogens (tertiary/aromatic N) is 3. The number of hydrogen-bond donors (Lipinski definition) is 2. The van der Waals surface area contributed by atoms with E-state index in [1.807, 2.05) is 48.5 Å². The molecule has 1 aromatic heterocycles. The number of fused-ring (bicyclic) bond motifs is 1. The van der Waals surface area contributed by atoms with E-state index in [4.69, 9.17) is 15.2 Å². The summed E-state index contributed by atoms with van der Waals surface area (Å²) in [5.41, 5.74) is 8.77. The number of amides is 3. The van der Waals surface area contributed by atoms with Crippen molar-refractivity contribution in [2.75, 3.05) is 24.4 Å². The van der Waals surface area contributed by atoms with Gasteiger partial charge in [-0.3, -0.25) is 19.7 Å². The van der Waals surface area contributed by atoms with E-state index < -0.39 is 11.8 Å². The minimum absolute atomic E-state index is 0.0653. The maximum absolute atomic E-state index is 13.4. The van der Waals surface area contributed by atoms with E-state index in [1.165, 1.54) is 12.8 Å². The molecule has 43 heavy (non-hydrogen) atoms. The van der Waals surface area contributed by atoms with E-state index >= 15 is 0 Å². The number of primary amides is 1. The van der Waals surface area contributed by atoms with Gasteiger partial charge in [-0.2, -0.15) is 0 Å². The highest BCUT2D eigenvalue weighted by Crippen LogP contribution is 2.31. The van der Waals surface area contributed by atoms with Gasteiger partial charge in [0.15, 0.2) is 11.5 Å². The van der Waals surface area contributed by atoms with Crippen LogP contribution in [-0.4, -0.2) is 41.4 Å². The Kier molecular flexibility index (Phi) is 9.24. The topological polar surface area (TPSA) is 129 Å². The van der Waals surface area contributed by atoms with Crippen molar-refractivity contribution < 1.29 is 23.9 Å². The van der Waals surface area contributed by atoms with Crippen LogP contribution in [0.3, 0.4) is 0 Å². The molecule has 10 nitrogen and oxygen atoms in total. The van der Waals surface area contributed by atoms with E-state index in [1.54, 1.807) is 41.8 Å². The Labute approximate surface area is 250 Å². The van der Waals surface area contributed by atoms with Crippen molar-refractivity contribution in [1.29, 1.82) is 0 Å². The number of nitrogens with two attached hydrogens (primary N) is 1. The summed E-state index contributed by atoms with van der Waals surface area (Å²) in [4.78, 5) is 44.4. The van der Waals surface area contributed by atoms with E-state index in [0.717, 1.165) is 18.4 Å². The zero-order valence-electron chi connectivity index (χ0n) is 24.5. The highest BCUT2D eigenvalue weighted by molar-refractivity contribution is 6.05. The highest BCUT2D eigenvalue weighted by Gasteiger charge is 2.22. The standard InChI is InChI=1S/C33H37N5O5/c1-37(31(40)18-22-8-6-7-9-22)25-13-14-27-26(20-25)35-33(38(27)17-16-30(34)39)36-32(41)24-12-15-28(42-2)29(19-24)43-21-23-10-4-3-5-11-23/h3-5,10-15,19-20,22H,6-9,16-18,21H2,1-2H3,(H2,34,39)(H,35,36,41). The fourth-order valence-electron chi connectivity index (χ4n) is 5.45. The number of benzene rings is 3. The normalized spacial score (nSPS) is 13.2. The molecule has 10 heteroatoms. The minimum atomic E-state index is -0.469. The van der Waals surface area contributed by atoms with E-state index in [0.29, 0.717) is 52.7 Å². The van der Waals surface area contributed by atoms with Gasteiger partial charge in [-0.15, -0.1) is 0 Å². The van der Waals surface area contributed by atoms with Crippen LogP contribution in [0.4, 0.5) is 11.6 Å². The lowest BCUT2D eigenvalue weighted by Gasteiger charge is -2.19. The number of aryl methyl sites for hydroxylation is 1. The van der Waals surface area contributed by atoms with Crippen LogP contribution in [0.1, 0.15) is 54.4 Å². The fraction of sp³-hybridized carbons (Fsp3) is 0.333. The molecule has 0 unspecified atom stereocenters. The van der Waals surface area contributed by atoms with Gasteiger partial charge in [-0.1, -0.05) is 43.2 Å². The number of anilines is 2. The van der Waals surface area contributed by atoms with Crippen molar-refractivity contribution in [2.24, 2.45) is 11.7 Å². The van der Waals surface area contributed by atoms with E-state index in [-0.39, 0.29) is 24.8 Å². The highest BCUT2D eigenvalue weighted by atomic mass is 16.5. The molecule has 1 fully saturated rings. The molecule has 224 valence electrons. The number of imidazole rings is 1. The number of methoxy groups -OCH3 is 1. The summed E-state index contributed by atoms with van der Waals surface area (Å²) in [6.07, 6.45) is 5.16. The fourth-order valence-corrected chi connectivity index (χ4v) is 5.45. The summed E-state index contributed by atoms with van der Waals surface area (Å²) in [5.74, 6) is 0.820. The predicted molar refractivity (Wildman–Crippen MR) is 165 cm³/mol. The number of rotatable bonds is 12. The maximum Gasteiger partial charge on any atom is 0.258 e. The van der Waals surface area contributed by atoms with Gasteiger partial charge < -0.3 is 24.7 Å². The van der Waals surface area contributed by atoms with E-state index in [2.05, 4.69) is 10.3 Å². The molecule has 0 radical (unpaired) electrons. The molecule has 0 aliphatic heterocycles. The Morgan fingerprint density at radius 1 is 1.02 bits per heavy atom. The van der Waals surface area contributed by atoms with Gasteiger partial charge in [-0.05, 0) is 60.7 Å². The molecule has 3 amide bonds. The van der Waals surface area contributed by atoms with Crippen LogP contribution in [0.25, 0.3) is 11.0 Å². The van der Waals surface area contributed by atoms with Crippen molar-refractivity contribution in [2.45, 2.75) is 51.7 Å². The first-order chi connectivity index (χ1) is 20.8. The van der Waals surface area contributed by atoms with Crippen LogP contribution in [0.15, 0.2) is 66.7 Å². The SMILES string of the molecule is COc1ccc(C(=O)Nc2nc3cc(N(C)C(=O)CC4CCCC4)ccc3n2CCC(N)=O)cc1OCc1ccccc1. The van der Waals surface area contributed by atoms with Gasteiger partial charge in [0.2, 0.25) is 17.8 Å². The van der Waals surface area contributed by atoms with Gasteiger partial charge >= 0.3 is 0 Å². The second kappa shape index (κ2) is 13.4. The summed E-state index contributed by atoms with van der Waals surface area (Å²) in [5, 5.41) is 2.88. The van der Waals surface area contributed by atoms with Crippen LogP contribution in [0.2, 0.25) is 0 Å². The van der Waals surface area contributed by atoms with Gasteiger partial charge in [0.25, 0.3) is 5.91 Å². The second-order valence-electron chi connectivity index (χ2n) is 10.9. The van der Waals surface area contributed by atoms with Crippen LogP contribution in [0, 0.1) is 5.92 Å². The molecule has 1 aliphatic rings. The molecule has 0 atom stereocenters. The molecule has 1 heterocycles. The Hall–Kier alpha value is -4.86. The van der Waals surface area contributed by atoms with Crippen molar-refractivity contribution in [3.8, 4) is 11.5 Å². The van der Waals surface area contributed by atoms with Gasteiger partial charge in [-0.25, -0.2) is 4.98 Å². The van der Waals surface area contributed by atoms with Crippen LogP contribution in [0.5, 0.6) is 11.5 Å². The Bertz CT molecular complexity index is 1610. The Morgan fingerprint density at radius 3 is 2.51 bits per heavy atom.